The molecule has 3 aromatic carbocycles. The van der Waals surface area contributed by atoms with E-state index in [1.807, 2.05) is 25.7 Å². The summed E-state index contributed by atoms with van der Waals surface area (Å²) in [5.41, 5.74) is 3.43. The van der Waals surface area contributed by atoms with Crippen molar-refractivity contribution in [2.75, 3.05) is 44.8 Å². The summed E-state index contributed by atoms with van der Waals surface area (Å²) < 4.78 is 83.8. The van der Waals surface area contributed by atoms with E-state index in [1.54, 1.807) is 29.2 Å². The number of ether oxygens (including phenoxy) is 3. The third-order valence-corrected chi connectivity index (χ3v) is 20.7. The Morgan fingerprint density at radius 3 is 2.28 bits per heavy atom. The van der Waals surface area contributed by atoms with E-state index >= 15 is 13.2 Å². The van der Waals surface area contributed by atoms with Gasteiger partial charge in [-0.1, -0.05) is 71.7 Å². The number of hydrogen-bond donors (Lipinski definition) is 0. The number of benzene rings is 3. The molecule has 9 nitrogen and oxygen atoms in total. The average Bonchev–Trinajstić information content (AvgIpc) is 3.88. The monoisotopic (exact) mass is 899 g/mol. The number of piperazine rings is 1. The van der Waals surface area contributed by atoms with Crippen LogP contribution in [0.3, 0.4) is 0 Å². The van der Waals surface area contributed by atoms with Gasteiger partial charge in [0.1, 0.15) is 37.4 Å². The number of carbonyl (C=O) groups excluding carboxylic acids is 1. The van der Waals surface area contributed by atoms with Gasteiger partial charge in [0.05, 0.1) is 47.6 Å². The highest BCUT2D eigenvalue weighted by atomic mass is 28.3. The first-order valence-corrected chi connectivity index (χ1v) is 25.0. The molecule has 0 saturated carbocycles. The highest BCUT2D eigenvalue weighted by Gasteiger charge is 2.49. The highest BCUT2D eigenvalue weighted by molar-refractivity contribution is 6.90. The Kier molecular flexibility index (Phi) is 12.3. The van der Waals surface area contributed by atoms with Crippen LogP contribution in [0, 0.1) is 28.9 Å². The number of anilines is 1. The number of carbonyl (C=O) groups is 1. The van der Waals surface area contributed by atoms with Gasteiger partial charge in [-0.05, 0) is 98.6 Å². The van der Waals surface area contributed by atoms with E-state index in [9.17, 15) is 9.18 Å². The van der Waals surface area contributed by atoms with Gasteiger partial charge in [0, 0.05) is 25.0 Å². The first kappa shape index (κ1) is 45.7. The van der Waals surface area contributed by atoms with Crippen LogP contribution in [0.5, 0.6) is 11.8 Å². The first-order valence-electron chi connectivity index (χ1n) is 22.8. The van der Waals surface area contributed by atoms with Gasteiger partial charge < -0.3 is 19.1 Å². The lowest BCUT2D eigenvalue weighted by molar-refractivity contribution is 0.0122. The molecule has 14 heteroatoms. The van der Waals surface area contributed by atoms with Crippen LogP contribution >= 0.6 is 0 Å². The molecule has 4 aromatic rings. The summed E-state index contributed by atoms with van der Waals surface area (Å²) in [6.45, 7) is 20.5. The molecule has 0 aliphatic carbocycles. The van der Waals surface area contributed by atoms with E-state index < -0.39 is 48.3 Å². The summed E-state index contributed by atoms with van der Waals surface area (Å²) in [6.07, 6.45) is 3.84. The largest absolute Gasteiger partial charge is 0.493 e. The zero-order valence-electron chi connectivity index (χ0n) is 38.8. The quantitative estimate of drug-likeness (QED) is 0.0934. The lowest BCUT2D eigenvalue weighted by Gasteiger charge is -2.42. The van der Waals surface area contributed by atoms with Crippen molar-refractivity contribution in [3.63, 3.8) is 0 Å². The molecule has 0 radical (unpaired) electrons. The second kappa shape index (κ2) is 17.2. The van der Waals surface area contributed by atoms with Crippen molar-refractivity contribution in [1.29, 1.82) is 0 Å². The van der Waals surface area contributed by atoms with Crippen LogP contribution in [0.15, 0.2) is 42.2 Å². The smallest absolute Gasteiger partial charge is 0.410 e. The molecule has 1 aromatic heterocycles. The van der Waals surface area contributed by atoms with Crippen molar-refractivity contribution in [1.82, 2.24) is 19.8 Å². The molecular formula is C50H61F4N5O4Si. The third kappa shape index (κ3) is 7.78. The SMILES string of the molecule is COc1c(F)c(-c2cccc3ccc(F)c(C#C[Si](C(C)C)(C(C)C)C(C)C)c23)c(F)c2nc(OC[C@@]34CCCN3C/C(=C\F)C4)nc(N3CC4CCC(C3)N4C(=O)OC(C)(C)C)c12. The average molecular weight is 900 g/mol. The molecule has 342 valence electrons. The van der Waals surface area contributed by atoms with Gasteiger partial charge in [-0.3, -0.25) is 9.80 Å². The minimum atomic E-state index is -2.36. The molecule has 4 aliphatic rings. The van der Waals surface area contributed by atoms with Gasteiger partial charge >= 0.3 is 12.1 Å². The van der Waals surface area contributed by atoms with Crippen LogP contribution < -0.4 is 14.4 Å². The van der Waals surface area contributed by atoms with Gasteiger partial charge in [-0.15, -0.1) is 5.54 Å². The van der Waals surface area contributed by atoms with Gasteiger partial charge in [-0.25, -0.2) is 22.4 Å². The highest BCUT2D eigenvalue weighted by Crippen LogP contribution is 2.48. The number of nitrogens with zero attached hydrogens (tertiary/aromatic N) is 5. The Balaban J connectivity index is 1.32. The lowest BCUT2D eigenvalue weighted by Crippen LogP contribution is -2.57. The second-order valence-corrected chi connectivity index (χ2v) is 25.8. The summed E-state index contributed by atoms with van der Waals surface area (Å²) >= 11 is 0. The molecule has 2 unspecified atom stereocenters. The van der Waals surface area contributed by atoms with Crippen LogP contribution in [0.2, 0.25) is 16.6 Å². The molecular weight excluding hydrogens is 839 g/mol. The van der Waals surface area contributed by atoms with E-state index in [1.165, 1.54) is 13.2 Å². The Morgan fingerprint density at radius 2 is 1.66 bits per heavy atom. The third-order valence-electron chi connectivity index (χ3n) is 14.4. The normalized spacial score (nSPS) is 22.0. The number of rotatable bonds is 9. The van der Waals surface area contributed by atoms with Crippen LogP contribution in [0.1, 0.15) is 100.0 Å². The second-order valence-electron chi connectivity index (χ2n) is 20.2. The summed E-state index contributed by atoms with van der Waals surface area (Å²) in [5.74, 6) is 0.608. The van der Waals surface area contributed by atoms with Crippen LogP contribution in [-0.4, -0.2) is 97.1 Å². The lowest BCUT2D eigenvalue weighted by atomic mass is 9.92. The number of methoxy groups -OCH3 is 1. The van der Waals surface area contributed by atoms with Gasteiger partial charge in [-0.2, -0.15) is 9.97 Å². The number of hydrogen-bond acceptors (Lipinski definition) is 8. The molecule has 4 fully saturated rings. The number of halogens is 4. The van der Waals surface area contributed by atoms with E-state index in [0.29, 0.717) is 56.2 Å². The molecule has 4 aliphatic heterocycles. The standard InChI is InChI=1S/C50H61F4N5O4Si/c1-29(2)64(30(3)4,31(5)6)22-19-36-38(52)18-15-33-13-11-14-37(39(33)36)40-42(53)44-41(45(61-10)43(40)54)46(57-26-34-16-17-35(27-57)59(34)48(60)63-49(7,8)9)56-47(55-44)62-28-50-20-12-21-58(50)25-32(23-50)24-51/h11,13-15,18,24,29-31,34-35H,12,16-17,20-21,23,25-28H2,1-10H3/b32-24-/t34?,35?,50-/m0/s1. The molecule has 1 amide bonds. The number of aromatic nitrogens is 2. The van der Waals surface area contributed by atoms with E-state index in [2.05, 4.69) is 57.9 Å². The minimum Gasteiger partial charge on any atom is -0.493 e. The summed E-state index contributed by atoms with van der Waals surface area (Å²) in [4.78, 5) is 29.0. The fourth-order valence-corrected chi connectivity index (χ4v) is 16.8. The van der Waals surface area contributed by atoms with Crippen molar-refractivity contribution in [2.45, 2.75) is 134 Å². The van der Waals surface area contributed by atoms with Crippen molar-refractivity contribution in [3.8, 4) is 34.4 Å². The maximum atomic E-state index is 17.9. The minimum absolute atomic E-state index is 0.0101. The molecule has 2 bridgehead atoms. The zero-order valence-corrected chi connectivity index (χ0v) is 39.8. The summed E-state index contributed by atoms with van der Waals surface area (Å²) in [5, 5.41) is 0.861. The van der Waals surface area contributed by atoms with Crippen molar-refractivity contribution < 1.29 is 36.6 Å². The number of amides is 1. The molecule has 64 heavy (non-hydrogen) atoms. The van der Waals surface area contributed by atoms with Crippen molar-refractivity contribution >= 4 is 41.7 Å². The molecule has 8 rings (SSSR count). The molecule has 4 saturated heterocycles. The Bertz CT molecular complexity index is 2550. The fourth-order valence-electron chi connectivity index (χ4n) is 11.6. The maximum Gasteiger partial charge on any atom is 0.410 e. The Hall–Kier alpha value is -4.87. The molecule has 0 spiro atoms. The van der Waals surface area contributed by atoms with Crippen LogP contribution in [-0.2, 0) is 4.74 Å². The summed E-state index contributed by atoms with van der Waals surface area (Å²) in [7, 11) is -1.05. The van der Waals surface area contributed by atoms with Gasteiger partial charge in [0.25, 0.3) is 0 Å². The van der Waals surface area contributed by atoms with Crippen LogP contribution in [0.4, 0.5) is 28.2 Å². The van der Waals surface area contributed by atoms with Crippen molar-refractivity contribution in [2.24, 2.45) is 0 Å². The molecule has 0 N–H and O–H groups in total. The van der Waals surface area contributed by atoms with Crippen LogP contribution in [0.25, 0.3) is 32.8 Å². The predicted octanol–water partition coefficient (Wildman–Crippen LogP) is 11.5. The first-order chi connectivity index (χ1) is 30.3. The topological polar surface area (TPSA) is 80.3 Å². The maximum absolute atomic E-state index is 17.9. The van der Waals surface area contributed by atoms with E-state index in [0.717, 1.165) is 19.4 Å². The fraction of sp³-hybridized carbons (Fsp3) is 0.540. The Morgan fingerprint density at radius 1 is 0.969 bits per heavy atom. The predicted molar refractivity (Wildman–Crippen MR) is 247 cm³/mol. The van der Waals surface area contributed by atoms with E-state index in [4.69, 9.17) is 24.2 Å². The summed E-state index contributed by atoms with van der Waals surface area (Å²) in [6, 6.07) is 7.36. The zero-order chi connectivity index (χ0) is 46.0. The van der Waals surface area contributed by atoms with E-state index in [-0.39, 0.29) is 80.3 Å². The Labute approximate surface area is 375 Å². The number of fused-ring (bicyclic) bond motifs is 5. The van der Waals surface area contributed by atoms with Gasteiger partial charge in [0.15, 0.2) is 17.4 Å². The van der Waals surface area contributed by atoms with Gasteiger partial charge in [0.2, 0.25) is 0 Å². The molecule has 5 heterocycles. The van der Waals surface area contributed by atoms with Crippen molar-refractivity contribution in [3.05, 3.63) is 65.2 Å². The molecule has 3 atom stereocenters.